The molecule has 16 heavy (non-hydrogen) atoms. The van der Waals surface area contributed by atoms with Crippen molar-refractivity contribution in [3.63, 3.8) is 0 Å². The smallest absolute Gasteiger partial charge is 0.347 e. The summed E-state index contributed by atoms with van der Waals surface area (Å²) in [7, 11) is 0. The Labute approximate surface area is 92.9 Å². The topological polar surface area (TPSA) is 84.2 Å². The fourth-order valence-electron chi connectivity index (χ4n) is 1.25. The zero-order valence-corrected chi connectivity index (χ0v) is 9.09. The number of nitrogens with one attached hydrogen (secondary N) is 1. The molecule has 1 unspecified atom stereocenters. The molecule has 2 N–H and O–H groups in total. The quantitative estimate of drug-likeness (QED) is 0.682. The highest BCUT2D eigenvalue weighted by Gasteiger charge is 2.07. The Balaban J connectivity index is 2.52. The Bertz CT molecular complexity index is 402. The van der Waals surface area contributed by atoms with Gasteiger partial charge in [-0.05, 0) is 19.4 Å². The molecule has 0 radical (unpaired) electrons. The van der Waals surface area contributed by atoms with Crippen molar-refractivity contribution in [3.8, 4) is 0 Å². The van der Waals surface area contributed by atoms with Gasteiger partial charge in [-0.3, -0.25) is 9.36 Å². The second-order valence-electron chi connectivity index (χ2n) is 3.51. The summed E-state index contributed by atoms with van der Waals surface area (Å²) >= 11 is 0. The lowest BCUT2D eigenvalue weighted by Crippen LogP contribution is -2.38. The third-order valence-electron chi connectivity index (χ3n) is 2.07. The maximum absolute atomic E-state index is 11.5. The average Bonchev–Trinajstić information content (AvgIpc) is 2.21. The normalized spacial score (nSPS) is 12.1. The molecule has 0 saturated heterocycles. The monoisotopic (exact) mass is 225 g/mol. The predicted molar refractivity (Wildman–Crippen MR) is 57.8 cm³/mol. The Kier molecular flexibility index (Phi) is 4.65. The number of hydrogen-bond acceptors (Lipinski definition) is 4. The van der Waals surface area contributed by atoms with Gasteiger partial charge in [0.15, 0.2) is 0 Å². The number of aliphatic hydroxyl groups is 1. The number of aliphatic hydroxyl groups excluding tert-OH is 1. The minimum Gasteiger partial charge on any atom is -0.396 e. The summed E-state index contributed by atoms with van der Waals surface area (Å²) in [6.07, 6.45) is 3.38. The third-order valence-corrected chi connectivity index (χ3v) is 2.07. The number of carbonyl (C=O) groups excluding carboxylic acids is 1. The van der Waals surface area contributed by atoms with E-state index in [-0.39, 0.29) is 25.1 Å². The second kappa shape index (κ2) is 6.02. The summed E-state index contributed by atoms with van der Waals surface area (Å²) in [5.41, 5.74) is -0.451. The van der Waals surface area contributed by atoms with Gasteiger partial charge in [0.2, 0.25) is 5.91 Å². The van der Waals surface area contributed by atoms with Crippen LogP contribution in [0.5, 0.6) is 0 Å². The predicted octanol–water partition coefficient (Wildman–Crippen LogP) is -0.870. The largest absolute Gasteiger partial charge is 0.396 e. The zero-order valence-electron chi connectivity index (χ0n) is 9.09. The van der Waals surface area contributed by atoms with Gasteiger partial charge in [0, 0.05) is 25.0 Å². The molecule has 1 heterocycles. The number of hydrogen-bond donors (Lipinski definition) is 2. The molecule has 88 valence electrons. The van der Waals surface area contributed by atoms with Gasteiger partial charge in [-0.2, -0.15) is 0 Å². The van der Waals surface area contributed by atoms with Crippen LogP contribution in [0.1, 0.15) is 13.3 Å². The highest BCUT2D eigenvalue weighted by molar-refractivity contribution is 5.75. The van der Waals surface area contributed by atoms with Crippen molar-refractivity contribution in [2.45, 2.75) is 25.9 Å². The summed E-state index contributed by atoms with van der Waals surface area (Å²) in [4.78, 5) is 26.2. The molecular formula is C10H15N3O3. The van der Waals surface area contributed by atoms with Crippen LogP contribution in [0.2, 0.25) is 0 Å². The van der Waals surface area contributed by atoms with Gasteiger partial charge >= 0.3 is 5.69 Å². The molecule has 0 aliphatic carbocycles. The number of nitrogens with zero attached hydrogens (tertiary/aromatic N) is 2. The molecular weight excluding hydrogens is 210 g/mol. The molecule has 1 aromatic rings. The minimum atomic E-state index is -0.451. The van der Waals surface area contributed by atoms with E-state index in [1.165, 1.54) is 17.0 Å². The first-order chi connectivity index (χ1) is 7.63. The van der Waals surface area contributed by atoms with Crippen LogP contribution >= 0.6 is 0 Å². The molecule has 0 aliphatic rings. The highest BCUT2D eigenvalue weighted by atomic mass is 16.3. The van der Waals surface area contributed by atoms with Crippen molar-refractivity contribution in [3.05, 3.63) is 28.9 Å². The molecule has 1 amide bonds. The maximum atomic E-state index is 11.5. The standard InChI is InChI=1S/C10H15N3O3/c1-8(3-6-14)12-9(15)7-13-5-2-4-11-10(13)16/h2,4-5,8,14H,3,6-7H2,1H3,(H,12,15). The molecule has 0 saturated carbocycles. The number of amides is 1. The van der Waals surface area contributed by atoms with Crippen LogP contribution in [0.4, 0.5) is 0 Å². The Morgan fingerprint density at radius 3 is 3.06 bits per heavy atom. The second-order valence-corrected chi connectivity index (χ2v) is 3.51. The van der Waals surface area contributed by atoms with Gasteiger partial charge in [-0.15, -0.1) is 0 Å². The number of rotatable bonds is 5. The van der Waals surface area contributed by atoms with Crippen molar-refractivity contribution in [2.24, 2.45) is 0 Å². The van der Waals surface area contributed by atoms with Crippen LogP contribution in [0.15, 0.2) is 23.3 Å². The molecule has 1 atom stereocenters. The van der Waals surface area contributed by atoms with E-state index in [0.717, 1.165) is 0 Å². The van der Waals surface area contributed by atoms with E-state index in [4.69, 9.17) is 5.11 Å². The van der Waals surface area contributed by atoms with Gasteiger partial charge in [-0.1, -0.05) is 0 Å². The van der Waals surface area contributed by atoms with Crippen LogP contribution in [0.25, 0.3) is 0 Å². The van der Waals surface area contributed by atoms with Crippen LogP contribution in [-0.4, -0.2) is 33.2 Å². The van der Waals surface area contributed by atoms with Crippen LogP contribution in [0.3, 0.4) is 0 Å². The average molecular weight is 225 g/mol. The molecule has 0 aliphatic heterocycles. The molecule has 0 aromatic carbocycles. The van der Waals surface area contributed by atoms with E-state index in [9.17, 15) is 9.59 Å². The van der Waals surface area contributed by atoms with Gasteiger partial charge in [0.05, 0.1) is 0 Å². The SMILES string of the molecule is CC(CCO)NC(=O)Cn1cccnc1=O. The van der Waals surface area contributed by atoms with E-state index in [1.54, 1.807) is 13.0 Å². The molecule has 6 heteroatoms. The van der Waals surface area contributed by atoms with E-state index in [2.05, 4.69) is 10.3 Å². The molecule has 0 bridgehead atoms. The van der Waals surface area contributed by atoms with Crippen LogP contribution in [-0.2, 0) is 11.3 Å². The van der Waals surface area contributed by atoms with Crippen molar-refractivity contribution in [1.29, 1.82) is 0 Å². The fraction of sp³-hybridized carbons (Fsp3) is 0.500. The Morgan fingerprint density at radius 1 is 1.69 bits per heavy atom. The van der Waals surface area contributed by atoms with Crippen LogP contribution < -0.4 is 11.0 Å². The van der Waals surface area contributed by atoms with Crippen molar-refractivity contribution >= 4 is 5.91 Å². The summed E-state index contributed by atoms with van der Waals surface area (Å²) in [6, 6.07) is 1.48. The summed E-state index contributed by atoms with van der Waals surface area (Å²) in [5, 5.41) is 11.3. The van der Waals surface area contributed by atoms with Gasteiger partial charge in [0.25, 0.3) is 0 Å². The van der Waals surface area contributed by atoms with Crippen molar-refractivity contribution in [1.82, 2.24) is 14.9 Å². The molecule has 0 spiro atoms. The van der Waals surface area contributed by atoms with Crippen molar-refractivity contribution < 1.29 is 9.90 Å². The number of carbonyl (C=O) groups is 1. The Morgan fingerprint density at radius 2 is 2.44 bits per heavy atom. The van der Waals surface area contributed by atoms with Gasteiger partial charge < -0.3 is 10.4 Å². The maximum Gasteiger partial charge on any atom is 0.347 e. The van der Waals surface area contributed by atoms with E-state index in [0.29, 0.717) is 6.42 Å². The Hall–Kier alpha value is -1.69. The summed E-state index contributed by atoms with van der Waals surface area (Å²) in [6.45, 7) is 1.76. The lowest BCUT2D eigenvalue weighted by Gasteiger charge is -2.12. The van der Waals surface area contributed by atoms with E-state index >= 15 is 0 Å². The van der Waals surface area contributed by atoms with E-state index < -0.39 is 5.69 Å². The van der Waals surface area contributed by atoms with E-state index in [1.807, 2.05) is 0 Å². The minimum absolute atomic E-state index is 0.0221. The molecule has 1 rings (SSSR count). The third kappa shape index (κ3) is 3.82. The zero-order chi connectivity index (χ0) is 12.0. The van der Waals surface area contributed by atoms with Gasteiger partial charge in [0.1, 0.15) is 6.54 Å². The molecule has 0 fully saturated rings. The fourth-order valence-corrected chi connectivity index (χ4v) is 1.25. The number of aromatic nitrogens is 2. The first-order valence-electron chi connectivity index (χ1n) is 5.05. The molecule has 6 nitrogen and oxygen atoms in total. The first-order valence-corrected chi connectivity index (χ1v) is 5.05. The van der Waals surface area contributed by atoms with Gasteiger partial charge in [-0.25, -0.2) is 9.78 Å². The summed E-state index contributed by atoms with van der Waals surface area (Å²) in [5.74, 6) is -0.268. The summed E-state index contributed by atoms with van der Waals surface area (Å²) < 4.78 is 1.22. The van der Waals surface area contributed by atoms with Crippen LogP contribution in [0, 0.1) is 0 Å². The molecule has 1 aromatic heterocycles. The first kappa shape index (κ1) is 12.4. The lowest BCUT2D eigenvalue weighted by molar-refractivity contribution is -0.122. The lowest BCUT2D eigenvalue weighted by atomic mass is 10.2. The highest BCUT2D eigenvalue weighted by Crippen LogP contribution is 1.89. The van der Waals surface area contributed by atoms with Crippen molar-refractivity contribution in [2.75, 3.05) is 6.61 Å².